The Kier molecular flexibility index (Phi) is 3.30. The van der Waals surface area contributed by atoms with E-state index in [9.17, 15) is 9.18 Å². The van der Waals surface area contributed by atoms with E-state index in [2.05, 4.69) is 15.3 Å². The minimum Gasteiger partial charge on any atom is -0.306 e. The quantitative estimate of drug-likeness (QED) is 0.835. The maximum Gasteiger partial charge on any atom is 0.256 e. The van der Waals surface area contributed by atoms with E-state index in [1.165, 1.54) is 36.7 Å². The molecule has 0 saturated carbocycles. The number of halogens is 2. The van der Waals surface area contributed by atoms with Gasteiger partial charge >= 0.3 is 0 Å². The molecule has 1 aromatic carbocycles. The van der Waals surface area contributed by atoms with Gasteiger partial charge in [0.05, 0.1) is 0 Å². The number of nitrogens with one attached hydrogen (secondary N) is 1. The van der Waals surface area contributed by atoms with Crippen molar-refractivity contribution < 1.29 is 9.18 Å². The number of carbonyl (C=O) groups is 1. The molecule has 2 rings (SSSR count). The third-order valence-corrected chi connectivity index (χ3v) is 2.19. The molecule has 0 saturated heterocycles. The highest BCUT2D eigenvalue weighted by atomic mass is 35.5. The van der Waals surface area contributed by atoms with Gasteiger partial charge < -0.3 is 5.32 Å². The fourth-order valence-corrected chi connectivity index (χ4v) is 1.34. The Morgan fingerprint density at radius 1 is 1.24 bits per heavy atom. The number of anilines is 1. The lowest BCUT2D eigenvalue weighted by atomic mass is 10.2. The summed E-state index contributed by atoms with van der Waals surface area (Å²) in [6.07, 6.45) is 1.24. The average Bonchev–Trinajstić information content (AvgIpc) is 2.29. The molecule has 0 spiro atoms. The highest BCUT2D eigenvalue weighted by molar-refractivity contribution is 6.29. The number of hydrogen-bond donors (Lipinski definition) is 1. The summed E-state index contributed by atoms with van der Waals surface area (Å²) in [7, 11) is 0. The molecule has 17 heavy (non-hydrogen) atoms. The van der Waals surface area contributed by atoms with Gasteiger partial charge in [-0.2, -0.15) is 0 Å². The molecule has 0 fully saturated rings. The lowest BCUT2D eigenvalue weighted by Crippen LogP contribution is -2.12. The zero-order valence-corrected chi connectivity index (χ0v) is 9.28. The van der Waals surface area contributed by atoms with Crippen LogP contribution in [0.5, 0.6) is 0 Å². The van der Waals surface area contributed by atoms with Crippen LogP contribution in [0.25, 0.3) is 0 Å². The number of amides is 1. The fraction of sp³-hybridized carbons (Fsp3) is 0. The van der Waals surface area contributed by atoms with Gasteiger partial charge in [0.2, 0.25) is 0 Å². The number of rotatable bonds is 2. The molecule has 1 heterocycles. The molecule has 0 atom stereocenters. The molecule has 0 aliphatic heterocycles. The Labute approximate surface area is 101 Å². The lowest BCUT2D eigenvalue weighted by molar-refractivity contribution is 0.102. The first-order valence-corrected chi connectivity index (χ1v) is 5.07. The molecule has 2 aromatic rings. The van der Waals surface area contributed by atoms with E-state index in [1.54, 1.807) is 0 Å². The van der Waals surface area contributed by atoms with E-state index in [0.29, 0.717) is 11.4 Å². The molecule has 0 bridgehead atoms. The van der Waals surface area contributed by atoms with Gasteiger partial charge in [0.15, 0.2) is 0 Å². The zero-order chi connectivity index (χ0) is 12.3. The van der Waals surface area contributed by atoms with Crippen LogP contribution in [0.15, 0.2) is 36.7 Å². The highest BCUT2D eigenvalue weighted by Gasteiger charge is 2.07. The van der Waals surface area contributed by atoms with Crippen LogP contribution in [0.1, 0.15) is 10.4 Å². The third-order valence-electron chi connectivity index (χ3n) is 1.98. The van der Waals surface area contributed by atoms with Crippen LogP contribution in [-0.2, 0) is 0 Å². The van der Waals surface area contributed by atoms with Crippen molar-refractivity contribution in [1.29, 1.82) is 0 Å². The number of nitrogens with zero attached hydrogens (tertiary/aromatic N) is 2. The van der Waals surface area contributed by atoms with Crippen LogP contribution in [0, 0.1) is 5.82 Å². The highest BCUT2D eigenvalue weighted by Crippen LogP contribution is 2.10. The van der Waals surface area contributed by atoms with E-state index >= 15 is 0 Å². The first kappa shape index (κ1) is 11.5. The van der Waals surface area contributed by atoms with Crippen molar-refractivity contribution in [3.05, 3.63) is 53.2 Å². The largest absolute Gasteiger partial charge is 0.306 e. The van der Waals surface area contributed by atoms with Gasteiger partial charge in [-0.05, 0) is 24.3 Å². The molecule has 6 heteroatoms. The van der Waals surface area contributed by atoms with Crippen molar-refractivity contribution in [2.75, 3.05) is 5.32 Å². The van der Waals surface area contributed by atoms with Crippen LogP contribution in [0.2, 0.25) is 5.15 Å². The lowest BCUT2D eigenvalue weighted by Gasteiger charge is -2.03. The Balaban J connectivity index is 2.14. The average molecular weight is 252 g/mol. The molecular weight excluding hydrogens is 245 g/mol. The molecule has 0 radical (unpaired) electrons. The SMILES string of the molecule is O=C(Nc1cc(Cl)ncn1)c1ccc(F)cc1. The van der Waals surface area contributed by atoms with E-state index in [4.69, 9.17) is 11.6 Å². The van der Waals surface area contributed by atoms with Gasteiger partial charge in [0.1, 0.15) is 23.1 Å². The molecule has 0 unspecified atom stereocenters. The summed E-state index contributed by atoms with van der Waals surface area (Å²) in [5.41, 5.74) is 0.334. The van der Waals surface area contributed by atoms with Gasteiger partial charge in [0.25, 0.3) is 5.91 Å². The summed E-state index contributed by atoms with van der Waals surface area (Å²) in [6, 6.07) is 6.60. The number of aromatic nitrogens is 2. The van der Waals surface area contributed by atoms with E-state index < -0.39 is 5.82 Å². The van der Waals surface area contributed by atoms with Gasteiger partial charge in [-0.1, -0.05) is 11.6 Å². The first-order valence-electron chi connectivity index (χ1n) is 4.69. The van der Waals surface area contributed by atoms with Crippen LogP contribution < -0.4 is 5.32 Å². The first-order chi connectivity index (χ1) is 8.15. The molecule has 1 N–H and O–H groups in total. The molecular formula is C11H7ClFN3O. The second kappa shape index (κ2) is 4.88. The Hall–Kier alpha value is -2.01. The second-order valence-corrected chi connectivity index (χ2v) is 3.57. The van der Waals surface area contributed by atoms with Crippen molar-refractivity contribution in [1.82, 2.24) is 9.97 Å². The van der Waals surface area contributed by atoms with Crippen molar-refractivity contribution in [3.8, 4) is 0 Å². The van der Waals surface area contributed by atoms with Crippen molar-refractivity contribution in [3.63, 3.8) is 0 Å². The van der Waals surface area contributed by atoms with Crippen molar-refractivity contribution in [2.24, 2.45) is 0 Å². The summed E-state index contributed by atoms with van der Waals surface area (Å²) >= 11 is 5.64. The number of hydrogen-bond acceptors (Lipinski definition) is 3. The van der Waals surface area contributed by atoms with Gasteiger partial charge in [-0.25, -0.2) is 14.4 Å². The van der Waals surface area contributed by atoms with E-state index in [-0.39, 0.29) is 11.1 Å². The Morgan fingerprint density at radius 2 is 1.94 bits per heavy atom. The number of benzene rings is 1. The maximum atomic E-state index is 12.7. The molecule has 0 aliphatic carbocycles. The van der Waals surface area contributed by atoms with Crippen LogP contribution in [-0.4, -0.2) is 15.9 Å². The predicted molar refractivity (Wildman–Crippen MR) is 61.4 cm³/mol. The normalized spacial score (nSPS) is 10.0. The summed E-state index contributed by atoms with van der Waals surface area (Å²) in [5.74, 6) is -0.495. The van der Waals surface area contributed by atoms with Gasteiger partial charge in [-0.3, -0.25) is 4.79 Å². The fourth-order valence-electron chi connectivity index (χ4n) is 1.19. The van der Waals surface area contributed by atoms with Crippen molar-refractivity contribution >= 4 is 23.3 Å². The minimum absolute atomic E-state index is 0.231. The molecule has 4 nitrogen and oxygen atoms in total. The van der Waals surface area contributed by atoms with Gasteiger partial charge in [0, 0.05) is 11.6 Å². The minimum atomic E-state index is -0.397. The summed E-state index contributed by atoms with van der Waals surface area (Å²) in [4.78, 5) is 19.2. The second-order valence-electron chi connectivity index (χ2n) is 3.19. The molecule has 86 valence electrons. The Morgan fingerprint density at radius 3 is 2.59 bits per heavy atom. The van der Waals surface area contributed by atoms with Crippen LogP contribution in [0.4, 0.5) is 10.2 Å². The summed E-state index contributed by atoms with van der Waals surface area (Å²) in [5, 5.41) is 2.75. The van der Waals surface area contributed by atoms with Gasteiger partial charge in [-0.15, -0.1) is 0 Å². The summed E-state index contributed by atoms with van der Waals surface area (Å²) in [6.45, 7) is 0. The molecule has 1 amide bonds. The topological polar surface area (TPSA) is 54.9 Å². The van der Waals surface area contributed by atoms with Crippen molar-refractivity contribution in [2.45, 2.75) is 0 Å². The maximum absolute atomic E-state index is 12.7. The monoisotopic (exact) mass is 251 g/mol. The van der Waals surface area contributed by atoms with Crippen LogP contribution >= 0.6 is 11.6 Å². The van der Waals surface area contributed by atoms with Crippen LogP contribution in [0.3, 0.4) is 0 Å². The molecule has 1 aromatic heterocycles. The predicted octanol–water partition coefficient (Wildman–Crippen LogP) is 2.52. The molecule has 0 aliphatic rings. The summed E-state index contributed by atoms with van der Waals surface area (Å²) < 4.78 is 12.7. The van der Waals surface area contributed by atoms with E-state index in [0.717, 1.165) is 0 Å². The standard InChI is InChI=1S/C11H7ClFN3O/c12-9-5-10(15-6-14-9)16-11(17)7-1-3-8(13)4-2-7/h1-6H,(H,14,15,16,17). The Bertz CT molecular complexity index is 545. The smallest absolute Gasteiger partial charge is 0.256 e. The zero-order valence-electron chi connectivity index (χ0n) is 8.52. The van der Waals surface area contributed by atoms with E-state index in [1.807, 2.05) is 0 Å². The number of carbonyl (C=O) groups excluding carboxylic acids is 1. The third kappa shape index (κ3) is 2.98.